The zero-order valence-corrected chi connectivity index (χ0v) is 12.7. The largest absolute Gasteiger partial charge is 0.497 e. The number of methoxy groups -OCH3 is 1. The van der Waals surface area contributed by atoms with Gasteiger partial charge in [-0.15, -0.1) is 0 Å². The number of benzene rings is 1. The maximum atomic E-state index is 12.4. The van der Waals surface area contributed by atoms with Crippen LogP contribution in [0.15, 0.2) is 18.2 Å². The first-order valence-electron chi connectivity index (χ1n) is 7.39. The van der Waals surface area contributed by atoms with Gasteiger partial charge >= 0.3 is 0 Å². The van der Waals surface area contributed by atoms with Gasteiger partial charge in [0.05, 0.1) is 13.7 Å². The molecule has 0 radical (unpaired) electrons. The number of nitrogens with zero attached hydrogens (tertiary/aromatic N) is 1. The number of amides is 1. The minimum Gasteiger partial charge on any atom is -0.497 e. The van der Waals surface area contributed by atoms with Crippen LogP contribution in [0.4, 0.5) is 0 Å². The maximum Gasteiger partial charge on any atom is 0.263 e. The van der Waals surface area contributed by atoms with E-state index in [1.807, 2.05) is 4.90 Å². The van der Waals surface area contributed by atoms with Crippen LogP contribution in [0.3, 0.4) is 0 Å². The Kier molecular flexibility index (Phi) is 5.44. The van der Waals surface area contributed by atoms with E-state index in [0.29, 0.717) is 17.1 Å². The summed E-state index contributed by atoms with van der Waals surface area (Å²) in [6.45, 7) is 3.22. The zero-order valence-electron chi connectivity index (χ0n) is 12.7. The molecule has 1 aliphatic rings. The van der Waals surface area contributed by atoms with Gasteiger partial charge in [0.2, 0.25) is 0 Å². The van der Waals surface area contributed by atoms with Crippen LogP contribution in [-0.4, -0.2) is 42.2 Å². The Balaban J connectivity index is 2.07. The summed E-state index contributed by atoms with van der Waals surface area (Å²) in [6.07, 6.45) is 2.73. The highest BCUT2D eigenvalue weighted by Crippen LogP contribution is 2.26. The highest BCUT2D eigenvalue weighted by Gasteiger charge is 2.24. The van der Waals surface area contributed by atoms with Crippen LogP contribution in [0.2, 0.25) is 0 Å². The quantitative estimate of drug-likeness (QED) is 0.901. The van der Waals surface area contributed by atoms with E-state index in [1.165, 1.54) is 6.42 Å². The van der Waals surface area contributed by atoms with Crippen LogP contribution >= 0.6 is 0 Å². The smallest absolute Gasteiger partial charge is 0.263 e. The SMILES string of the molecule is COc1ccc(CO)c(OC(C)C(=O)N2CCCCC2)c1. The molecule has 1 unspecified atom stereocenters. The van der Waals surface area contributed by atoms with Crippen LogP contribution in [0.1, 0.15) is 31.7 Å². The van der Waals surface area contributed by atoms with Gasteiger partial charge in [-0.05, 0) is 38.3 Å². The van der Waals surface area contributed by atoms with E-state index in [1.54, 1.807) is 32.2 Å². The number of piperidine rings is 1. The summed E-state index contributed by atoms with van der Waals surface area (Å²) in [6, 6.07) is 5.20. The first kappa shape index (κ1) is 15.6. The van der Waals surface area contributed by atoms with Crippen LogP contribution in [0, 0.1) is 0 Å². The molecule has 2 rings (SSSR count). The Morgan fingerprint density at radius 1 is 1.33 bits per heavy atom. The molecule has 116 valence electrons. The lowest BCUT2D eigenvalue weighted by molar-refractivity contribution is -0.138. The van der Waals surface area contributed by atoms with Crippen molar-refractivity contribution in [3.63, 3.8) is 0 Å². The number of carbonyl (C=O) groups is 1. The number of aliphatic hydroxyl groups is 1. The third kappa shape index (κ3) is 3.88. The van der Waals surface area contributed by atoms with Crippen molar-refractivity contribution in [1.82, 2.24) is 4.90 Å². The van der Waals surface area contributed by atoms with Crippen molar-refractivity contribution in [3.05, 3.63) is 23.8 Å². The van der Waals surface area contributed by atoms with Gasteiger partial charge in [0.25, 0.3) is 5.91 Å². The van der Waals surface area contributed by atoms with Crippen molar-refractivity contribution in [2.24, 2.45) is 0 Å². The number of carbonyl (C=O) groups excluding carboxylic acids is 1. The summed E-state index contributed by atoms with van der Waals surface area (Å²) in [7, 11) is 1.57. The highest BCUT2D eigenvalue weighted by atomic mass is 16.5. The number of rotatable bonds is 5. The molecule has 0 aliphatic carbocycles. The third-order valence-electron chi connectivity index (χ3n) is 3.76. The molecule has 1 fully saturated rings. The number of hydrogen-bond donors (Lipinski definition) is 1. The summed E-state index contributed by atoms with van der Waals surface area (Å²) in [5.41, 5.74) is 0.647. The van der Waals surface area contributed by atoms with Gasteiger partial charge in [0.15, 0.2) is 6.10 Å². The van der Waals surface area contributed by atoms with Crippen molar-refractivity contribution in [1.29, 1.82) is 0 Å². The van der Waals surface area contributed by atoms with Crippen LogP contribution in [-0.2, 0) is 11.4 Å². The van der Waals surface area contributed by atoms with Gasteiger partial charge < -0.3 is 19.5 Å². The van der Waals surface area contributed by atoms with E-state index in [-0.39, 0.29) is 12.5 Å². The van der Waals surface area contributed by atoms with Crippen molar-refractivity contribution in [2.45, 2.75) is 38.9 Å². The molecule has 0 spiro atoms. The Morgan fingerprint density at radius 3 is 2.67 bits per heavy atom. The predicted molar refractivity (Wildman–Crippen MR) is 79.4 cm³/mol. The molecule has 1 aliphatic heterocycles. The first-order chi connectivity index (χ1) is 10.2. The number of aliphatic hydroxyl groups excluding tert-OH is 1. The fourth-order valence-electron chi connectivity index (χ4n) is 2.51. The van der Waals surface area contributed by atoms with Crippen molar-refractivity contribution >= 4 is 5.91 Å². The normalized spacial score (nSPS) is 16.4. The number of likely N-dealkylation sites (tertiary alicyclic amines) is 1. The van der Waals surface area contributed by atoms with Gasteiger partial charge in [0.1, 0.15) is 11.5 Å². The van der Waals surface area contributed by atoms with E-state index >= 15 is 0 Å². The second-order valence-corrected chi connectivity index (χ2v) is 5.28. The second-order valence-electron chi connectivity index (χ2n) is 5.28. The highest BCUT2D eigenvalue weighted by molar-refractivity contribution is 5.81. The molecular weight excluding hydrogens is 270 g/mol. The maximum absolute atomic E-state index is 12.4. The van der Waals surface area contributed by atoms with Crippen molar-refractivity contribution in [2.75, 3.05) is 20.2 Å². The molecule has 1 N–H and O–H groups in total. The van der Waals surface area contributed by atoms with Crippen LogP contribution in [0.25, 0.3) is 0 Å². The molecule has 1 amide bonds. The molecule has 0 bridgehead atoms. The number of ether oxygens (including phenoxy) is 2. The monoisotopic (exact) mass is 293 g/mol. The summed E-state index contributed by atoms with van der Waals surface area (Å²) >= 11 is 0. The number of hydrogen-bond acceptors (Lipinski definition) is 4. The summed E-state index contributed by atoms with van der Waals surface area (Å²) in [5.74, 6) is 1.14. The molecule has 21 heavy (non-hydrogen) atoms. The molecule has 1 aromatic rings. The average Bonchev–Trinajstić information content (AvgIpc) is 2.54. The van der Waals surface area contributed by atoms with E-state index in [4.69, 9.17) is 9.47 Å². The van der Waals surface area contributed by atoms with Gasteiger partial charge in [-0.2, -0.15) is 0 Å². The molecule has 5 nitrogen and oxygen atoms in total. The average molecular weight is 293 g/mol. The first-order valence-corrected chi connectivity index (χ1v) is 7.39. The Labute approximate surface area is 125 Å². The van der Waals surface area contributed by atoms with E-state index < -0.39 is 6.10 Å². The fraction of sp³-hybridized carbons (Fsp3) is 0.562. The van der Waals surface area contributed by atoms with Crippen molar-refractivity contribution in [3.8, 4) is 11.5 Å². The lowest BCUT2D eigenvalue weighted by Gasteiger charge is -2.29. The lowest BCUT2D eigenvalue weighted by Crippen LogP contribution is -2.43. The summed E-state index contributed by atoms with van der Waals surface area (Å²) in [5, 5.41) is 9.37. The summed E-state index contributed by atoms with van der Waals surface area (Å²) < 4.78 is 10.9. The third-order valence-corrected chi connectivity index (χ3v) is 3.76. The molecule has 5 heteroatoms. The Hall–Kier alpha value is -1.75. The molecule has 0 aromatic heterocycles. The van der Waals surface area contributed by atoms with Crippen LogP contribution < -0.4 is 9.47 Å². The van der Waals surface area contributed by atoms with Gasteiger partial charge in [-0.1, -0.05) is 0 Å². The standard InChI is InChI=1S/C16H23NO4/c1-12(16(19)17-8-4-3-5-9-17)21-15-10-14(20-2)7-6-13(15)11-18/h6-7,10,12,18H,3-5,8-9,11H2,1-2H3. The lowest BCUT2D eigenvalue weighted by atomic mass is 10.1. The minimum atomic E-state index is -0.569. The molecular formula is C16H23NO4. The Bertz CT molecular complexity index is 483. The predicted octanol–water partition coefficient (Wildman–Crippen LogP) is 1.97. The summed E-state index contributed by atoms with van der Waals surface area (Å²) in [4.78, 5) is 14.2. The molecule has 1 aromatic carbocycles. The zero-order chi connectivity index (χ0) is 15.2. The van der Waals surface area contributed by atoms with E-state index in [2.05, 4.69) is 0 Å². The van der Waals surface area contributed by atoms with Gasteiger partial charge in [0, 0.05) is 24.7 Å². The Morgan fingerprint density at radius 2 is 2.05 bits per heavy atom. The van der Waals surface area contributed by atoms with E-state index in [9.17, 15) is 9.90 Å². The topological polar surface area (TPSA) is 59.0 Å². The van der Waals surface area contributed by atoms with E-state index in [0.717, 1.165) is 25.9 Å². The fourth-order valence-corrected chi connectivity index (χ4v) is 2.51. The second kappa shape index (κ2) is 7.31. The molecule has 1 saturated heterocycles. The van der Waals surface area contributed by atoms with Gasteiger partial charge in [-0.3, -0.25) is 4.79 Å². The molecule has 1 atom stereocenters. The molecule has 0 saturated carbocycles. The van der Waals surface area contributed by atoms with Gasteiger partial charge in [-0.25, -0.2) is 0 Å². The van der Waals surface area contributed by atoms with Crippen molar-refractivity contribution < 1.29 is 19.4 Å². The minimum absolute atomic E-state index is 0.00131. The van der Waals surface area contributed by atoms with Crippen LogP contribution in [0.5, 0.6) is 11.5 Å². The molecule has 1 heterocycles.